The highest BCUT2D eigenvalue weighted by Gasteiger charge is 2.51. The van der Waals surface area contributed by atoms with E-state index in [-0.39, 0.29) is 11.4 Å². The molecule has 0 atom stereocenters. The number of benzene rings is 8. The van der Waals surface area contributed by atoms with Crippen molar-refractivity contribution in [3.8, 4) is 44.6 Å². The summed E-state index contributed by atoms with van der Waals surface area (Å²) in [5.74, 6) is -1.18. The van der Waals surface area contributed by atoms with Crippen LogP contribution in [0.2, 0.25) is 20.1 Å². The van der Waals surface area contributed by atoms with Gasteiger partial charge in [0.2, 0.25) is 5.69 Å². The van der Waals surface area contributed by atoms with Crippen molar-refractivity contribution in [2.45, 2.75) is 38.9 Å². The van der Waals surface area contributed by atoms with Crippen LogP contribution in [-0.2, 0) is 9.31 Å². The zero-order valence-electron chi connectivity index (χ0n) is 44.2. The molecule has 0 aliphatic carbocycles. The minimum atomic E-state index is -1.41. The Bertz CT molecular complexity index is 3910. The lowest BCUT2D eigenvalue weighted by atomic mass is 9.78. The van der Waals surface area contributed by atoms with Crippen molar-refractivity contribution in [3.05, 3.63) is 254 Å². The van der Waals surface area contributed by atoms with Gasteiger partial charge in [-0.05, 0) is 156 Å². The van der Waals surface area contributed by atoms with Gasteiger partial charge in [-0.3, -0.25) is 0 Å². The van der Waals surface area contributed by atoms with Crippen LogP contribution in [0.15, 0.2) is 179 Å². The van der Waals surface area contributed by atoms with Crippen molar-refractivity contribution >= 4 is 155 Å². The Morgan fingerprint density at radius 2 is 0.916 bits per heavy atom. The number of carboxylic acid groups (broad SMARTS) is 1. The first kappa shape index (κ1) is 65.3. The molecule has 1 aromatic heterocycles. The van der Waals surface area contributed by atoms with Gasteiger partial charge in [-0.2, -0.15) is 10.3 Å². The molecule has 8 aromatic carbocycles. The number of carboxylic acids is 1. The fourth-order valence-electron chi connectivity index (χ4n) is 7.54. The van der Waals surface area contributed by atoms with Gasteiger partial charge in [-0.25, -0.2) is 24.2 Å². The topological polar surface area (TPSA) is 155 Å². The molecule has 22 heteroatoms. The zero-order valence-corrected chi connectivity index (χ0v) is 52.6. The van der Waals surface area contributed by atoms with Gasteiger partial charge >= 0.3 is 20.2 Å². The van der Waals surface area contributed by atoms with Crippen molar-refractivity contribution in [3.63, 3.8) is 0 Å². The smallest absolute Gasteiger partial charge is 0.476 e. The number of hydrogen-bond acceptors (Lipinski definition) is 7. The molecule has 83 heavy (non-hydrogen) atoms. The van der Waals surface area contributed by atoms with E-state index in [1.165, 1.54) is 0 Å². The highest BCUT2D eigenvalue weighted by atomic mass is 127. The van der Waals surface area contributed by atoms with E-state index >= 15 is 0 Å². The van der Waals surface area contributed by atoms with E-state index in [2.05, 4.69) is 89.2 Å². The number of aromatic nitrogens is 3. The Hall–Kier alpha value is -6.85. The lowest BCUT2D eigenvalue weighted by Gasteiger charge is -2.32. The van der Waals surface area contributed by atoms with Gasteiger partial charge in [-0.15, -0.1) is 5.10 Å². The second-order valence-electron chi connectivity index (χ2n) is 18.6. The Morgan fingerprint density at radius 1 is 0.542 bits per heavy atom. The Morgan fingerprint density at radius 3 is 1.34 bits per heavy atom. The maximum Gasteiger partial charge on any atom is 0.493 e. The molecule has 0 radical (unpaired) electrons. The highest BCUT2D eigenvalue weighted by Crippen LogP contribution is 2.39. The Kier molecular flexibility index (Phi) is 23.7. The van der Waals surface area contributed by atoms with Crippen LogP contribution >= 0.6 is 101 Å². The summed E-state index contributed by atoms with van der Waals surface area (Å²) in [6.45, 7) is 36.9. The Balaban J connectivity index is 0.000000174. The molecule has 0 spiro atoms. The first-order valence-corrected chi connectivity index (χ1v) is 28.6. The van der Waals surface area contributed by atoms with E-state index in [1.807, 2.05) is 143 Å². The van der Waals surface area contributed by atoms with Crippen molar-refractivity contribution < 1.29 is 29.3 Å². The van der Waals surface area contributed by atoms with Gasteiger partial charge in [0, 0.05) is 32.6 Å². The van der Waals surface area contributed by atoms with E-state index in [4.69, 9.17) is 97.2 Å². The average Bonchev–Trinajstić information content (AvgIpc) is 4.31. The van der Waals surface area contributed by atoms with E-state index in [9.17, 15) is 4.79 Å². The minimum absolute atomic E-state index is 0.180. The van der Waals surface area contributed by atoms with Crippen LogP contribution in [0.25, 0.3) is 64.0 Å². The third-order valence-corrected chi connectivity index (χ3v) is 15.5. The molecular weight excluding hydrogens is 1380 g/mol. The number of hydrogen-bond donors (Lipinski definition) is 4. The molecule has 0 bridgehead atoms. The molecule has 0 saturated carbocycles. The molecule has 1 fully saturated rings. The van der Waals surface area contributed by atoms with Crippen LogP contribution in [0.4, 0.5) is 22.7 Å². The van der Waals surface area contributed by atoms with Crippen LogP contribution in [0.3, 0.4) is 0 Å². The van der Waals surface area contributed by atoms with Crippen LogP contribution in [-0.4, -0.2) is 62.0 Å². The van der Waals surface area contributed by atoms with Crippen LogP contribution in [0.5, 0.6) is 0 Å². The lowest BCUT2D eigenvalue weighted by Crippen LogP contribution is -2.41. The molecule has 0 amide bonds. The molecule has 2 heterocycles. The number of halogens is 7. The van der Waals surface area contributed by atoms with E-state index in [0.29, 0.717) is 53.9 Å². The summed E-state index contributed by atoms with van der Waals surface area (Å²) in [6.07, 6.45) is 0. The largest absolute Gasteiger partial charge is 0.493 e. The molecule has 414 valence electrons. The lowest BCUT2D eigenvalue weighted by molar-refractivity contribution is 0.00578. The third-order valence-electron chi connectivity index (χ3n) is 12.6. The normalized spacial score (nSPS) is 12.3. The van der Waals surface area contributed by atoms with Gasteiger partial charge in [0.1, 0.15) is 5.69 Å². The van der Waals surface area contributed by atoms with Crippen molar-refractivity contribution in [2.24, 2.45) is 0 Å². The van der Waals surface area contributed by atoms with Crippen molar-refractivity contribution in [2.75, 3.05) is 0 Å². The fourth-order valence-corrected chi connectivity index (χ4v) is 9.20. The maximum atomic E-state index is 11.1. The predicted octanol–water partition coefficient (Wildman–Crippen LogP) is 17.8. The zero-order chi connectivity index (χ0) is 60.6. The number of H-pyrrole nitrogens is 1. The quantitative estimate of drug-likeness (QED) is 0.0698. The number of nitrogens with zero attached hydrogens (tertiary/aromatic N) is 6. The average molecular weight is 1420 g/mol. The summed E-state index contributed by atoms with van der Waals surface area (Å²) in [5.41, 5.74) is 8.71. The SMILES string of the molecule is OB(O)c1ccc(Cl)cc1.[C-]#[N+]c1cc(-c2n[nH]nc2C(=O)O)ccc1-c1ccc(Cl)cc1.[C-]#[N+]c1cc(B2OC(C)(C)C(C)(C)O2)ccc1-c1ccc(Cl)cc1.[C-]#[N+]c1cc(Br)ccc1-c1ccc(Cl)cc1.[C-]#[N+]c1cc(Br)ccc1I. The molecule has 1 saturated heterocycles. The summed E-state index contributed by atoms with van der Waals surface area (Å²) in [5, 5.41) is 38.7. The molecule has 1 aliphatic rings. The summed E-state index contributed by atoms with van der Waals surface area (Å²) in [7, 11) is -1.87. The fraction of sp³-hybridized carbons (Fsp3) is 0.0984. The maximum absolute atomic E-state index is 11.1. The molecule has 4 N–H and O–H groups in total. The molecule has 9 aromatic rings. The molecule has 13 nitrogen and oxygen atoms in total. The number of aromatic carboxylic acids is 1. The summed E-state index contributed by atoms with van der Waals surface area (Å²) < 4.78 is 15.0. The van der Waals surface area contributed by atoms with Gasteiger partial charge in [0.25, 0.3) is 0 Å². The highest BCUT2D eigenvalue weighted by molar-refractivity contribution is 14.1. The molecule has 10 rings (SSSR count). The molecule has 0 unspecified atom stereocenters. The van der Waals surface area contributed by atoms with Crippen LogP contribution in [0, 0.1) is 29.9 Å². The van der Waals surface area contributed by atoms with Crippen LogP contribution < -0.4 is 10.9 Å². The summed E-state index contributed by atoms with van der Waals surface area (Å²) >= 11 is 32.0. The van der Waals surface area contributed by atoms with Gasteiger partial charge < -0.3 is 24.5 Å². The summed E-state index contributed by atoms with van der Waals surface area (Å²) in [4.78, 5) is 25.2. The standard InChI is InChI=1S/C19H19BClNO2.C16H9ClN4O2.C13H7BrClN.C7H3BrIN.C6H6BClO2/c1-18(2)19(3,4)24-20(23-18)14-8-11-16(17(12-14)22-5)13-6-9-15(21)10-7-13;1-18-13-8-10(14-15(16(22)23)20-21-19-14)4-7-12(13)9-2-5-11(17)6-3-9;1-16-13-8-10(14)4-7-12(13)9-2-5-11(15)6-3-9;1-10-7-4-5(8)2-3-6(7)9;8-6-3-1-5(2-4-6)7(9)10/h6-12H,1-4H3;2-8H,(H,22,23)(H,19,20,21);2-8H;2-4H;1-4,9-10H. The minimum Gasteiger partial charge on any atom is -0.476 e. The van der Waals surface area contributed by atoms with Gasteiger partial charge in [0.05, 0.1) is 37.5 Å². The number of carbonyl (C=O) groups is 1. The predicted molar refractivity (Wildman–Crippen MR) is 350 cm³/mol. The van der Waals surface area contributed by atoms with E-state index in [1.54, 1.807) is 54.6 Å². The third kappa shape index (κ3) is 17.8. The number of rotatable bonds is 7. The molecule has 1 aliphatic heterocycles. The van der Waals surface area contributed by atoms with Gasteiger partial charge in [-0.1, -0.05) is 192 Å². The number of aromatic amines is 1. The van der Waals surface area contributed by atoms with E-state index in [0.717, 1.165) is 51.4 Å². The monoisotopic (exact) mass is 1420 g/mol. The first-order chi connectivity index (χ1) is 39.5. The van der Waals surface area contributed by atoms with Crippen molar-refractivity contribution in [1.82, 2.24) is 15.4 Å². The Labute approximate surface area is 532 Å². The second-order valence-corrected chi connectivity index (χ2v) is 23.3. The van der Waals surface area contributed by atoms with Crippen molar-refractivity contribution in [1.29, 1.82) is 0 Å². The van der Waals surface area contributed by atoms with Gasteiger partial charge in [0.15, 0.2) is 22.8 Å². The first-order valence-electron chi connectivity index (χ1n) is 24.4. The number of nitrogens with one attached hydrogen (secondary N) is 1. The molecular formula is C61H44B2Br2Cl4IN7O6. The van der Waals surface area contributed by atoms with E-state index < -0.39 is 31.4 Å². The van der Waals surface area contributed by atoms with Crippen LogP contribution in [0.1, 0.15) is 38.2 Å². The summed E-state index contributed by atoms with van der Waals surface area (Å²) in [6, 6.07) is 50.6. The second kappa shape index (κ2) is 30.1.